The van der Waals surface area contributed by atoms with E-state index < -0.39 is 10.2 Å². The largest absolute Gasteiger partial charge is 0.312 e. The monoisotopic (exact) mass is 159 g/mol. The molecule has 60 valence electrons. The third-order valence-corrected chi connectivity index (χ3v) is 3.10. The minimum atomic E-state index is -0.460. The van der Waals surface area contributed by atoms with Crippen LogP contribution in [0.5, 0.6) is 0 Å². The van der Waals surface area contributed by atoms with Crippen LogP contribution in [0.1, 0.15) is 19.8 Å². The lowest BCUT2D eigenvalue weighted by Crippen LogP contribution is -2.05. The Bertz CT molecular complexity index is 155. The molecule has 2 heteroatoms. The van der Waals surface area contributed by atoms with E-state index in [0.717, 1.165) is 0 Å². The van der Waals surface area contributed by atoms with E-state index in [-0.39, 0.29) is 0 Å². The molecule has 0 N–H and O–H groups in total. The summed E-state index contributed by atoms with van der Waals surface area (Å²) in [5, 5.41) is 0. The van der Waals surface area contributed by atoms with E-state index in [0.29, 0.717) is 0 Å². The molecule has 0 saturated heterocycles. The second-order valence-electron chi connectivity index (χ2n) is 3.47. The highest BCUT2D eigenvalue weighted by atomic mass is 32.3. The van der Waals surface area contributed by atoms with E-state index in [9.17, 15) is 0 Å². The summed E-state index contributed by atoms with van der Waals surface area (Å²) in [4.78, 5) is 0. The van der Waals surface area contributed by atoms with Crippen molar-refractivity contribution < 1.29 is 0 Å². The summed E-state index contributed by atoms with van der Waals surface area (Å²) in [5.41, 5.74) is 1.56. The lowest BCUT2D eigenvalue weighted by molar-refractivity contribution is 0.822. The van der Waals surface area contributed by atoms with Gasteiger partial charge in [-0.1, -0.05) is 13.3 Å². The van der Waals surface area contributed by atoms with Crippen LogP contribution in [0.25, 0.3) is 0 Å². The second-order valence-corrected chi connectivity index (χ2v) is 7.41. The Hall–Kier alpha value is -0.110. The fraction of sp³-hybridized carbons (Fsp3) is 0.750. The van der Waals surface area contributed by atoms with Gasteiger partial charge in [0.15, 0.2) is 0 Å². The Morgan fingerprint density at radius 2 is 2.00 bits per heavy atom. The normalized spacial score (nSPS) is 18.8. The van der Waals surface area contributed by atoms with E-state index in [1.165, 1.54) is 12.8 Å². The van der Waals surface area contributed by atoms with Crippen LogP contribution < -0.4 is 0 Å². The Kier molecular flexibility index (Phi) is 1.99. The molecule has 1 rings (SSSR count). The van der Waals surface area contributed by atoms with Crippen molar-refractivity contribution in [2.24, 2.45) is 0 Å². The van der Waals surface area contributed by atoms with Gasteiger partial charge in [-0.25, -0.2) is 0 Å². The fourth-order valence-electron chi connectivity index (χ4n) is 1.05. The van der Waals surface area contributed by atoms with Gasteiger partial charge in [0.05, 0.1) is 0 Å². The molecule has 0 unspecified atom stereocenters. The molecule has 0 aromatic rings. The molecule has 0 atom stereocenters. The van der Waals surface area contributed by atoms with Crippen LogP contribution in [-0.4, -0.2) is 23.1 Å². The summed E-state index contributed by atoms with van der Waals surface area (Å²) in [7, 11) is -0.460. The minimum absolute atomic E-state index is 0.460. The van der Waals surface area contributed by atoms with Gasteiger partial charge in [-0.2, -0.15) is 10.2 Å². The summed E-state index contributed by atoms with van der Waals surface area (Å²) < 4.78 is 2.44. The Balaban J connectivity index is 2.29. The van der Waals surface area contributed by atoms with Crippen LogP contribution in [0, 0.1) is 0 Å². The molecule has 10 heavy (non-hydrogen) atoms. The van der Waals surface area contributed by atoms with Gasteiger partial charge in [0.1, 0.15) is 0 Å². The van der Waals surface area contributed by atoms with Gasteiger partial charge in [0.25, 0.3) is 0 Å². The van der Waals surface area contributed by atoms with E-state index in [2.05, 4.69) is 36.2 Å². The quantitative estimate of drug-likeness (QED) is 0.611. The van der Waals surface area contributed by atoms with Crippen molar-refractivity contribution >= 4 is 10.2 Å². The van der Waals surface area contributed by atoms with Crippen LogP contribution in [0.4, 0.5) is 0 Å². The maximum absolute atomic E-state index is 2.44. The van der Waals surface area contributed by atoms with Crippen LogP contribution >= 0.6 is 10.2 Å². The second kappa shape index (κ2) is 2.50. The molecule has 1 heterocycles. The van der Waals surface area contributed by atoms with Crippen molar-refractivity contribution in [2.45, 2.75) is 19.8 Å². The summed E-state index contributed by atoms with van der Waals surface area (Å²) in [6.07, 6.45) is 11.8. The molecular formula is C8H17NS. The number of nitrogens with zero attached hydrogens (tertiary/aromatic N) is 1. The molecule has 0 aromatic carbocycles. The van der Waals surface area contributed by atoms with Crippen molar-refractivity contribution in [1.29, 1.82) is 0 Å². The van der Waals surface area contributed by atoms with Gasteiger partial charge in [-0.05, 0) is 25.2 Å². The molecule has 0 amide bonds. The fourth-order valence-corrected chi connectivity index (χ4v) is 2.28. The lowest BCUT2D eigenvalue weighted by Gasteiger charge is -2.29. The Morgan fingerprint density at radius 3 is 2.30 bits per heavy atom. The third-order valence-electron chi connectivity index (χ3n) is 1.58. The minimum Gasteiger partial charge on any atom is -0.312 e. The molecule has 0 aromatic heterocycles. The molecule has 1 aliphatic rings. The zero-order chi connectivity index (χ0) is 7.78. The lowest BCUT2D eigenvalue weighted by atomic mass is 10.3. The maximum atomic E-state index is 2.44. The average molecular weight is 159 g/mol. The van der Waals surface area contributed by atoms with Crippen LogP contribution in [0.15, 0.2) is 11.9 Å². The number of rotatable bonds is 3. The highest BCUT2D eigenvalue weighted by Crippen LogP contribution is 2.51. The molecule has 0 radical (unpaired) electrons. The topological polar surface area (TPSA) is 3.01 Å². The summed E-state index contributed by atoms with van der Waals surface area (Å²) >= 11 is 0. The van der Waals surface area contributed by atoms with Gasteiger partial charge in [0.2, 0.25) is 0 Å². The predicted octanol–water partition coefficient (Wildman–Crippen LogP) is 2.55. The molecular weight excluding hydrogens is 142 g/mol. The number of hydrogen-bond donors (Lipinski definition) is 0. The molecule has 1 aliphatic heterocycles. The highest BCUT2D eigenvalue weighted by Gasteiger charge is 2.26. The van der Waals surface area contributed by atoms with Crippen molar-refractivity contribution in [1.82, 2.24) is 4.31 Å². The van der Waals surface area contributed by atoms with Crippen LogP contribution in [0.2, 0.25) is 0 Å². The van der Waals surface area contributed by atoms with E-state index in [1.807, 2.05) is 0 Å². The Morgan fingerprint density at radius 1 is 1.40 bits per heavy atom. The molecule has 0 spiro atoms. The van der Waals surface area contributed by atoms with Crippen molar-refractivity contribution in [3.05, 3.63) is 11.9 Å². The standard InChI is InChI=1S/C8H17NS/c1-5-6-8-7-9(8)10(2,3)4/h7H,5-6H2,1-4H3. The molecule has 0 fully saturated rings. The summed E-state index contributed by atoms with van der Waals surface area (Å²) in [6, 6.07) is 0. The third kappa shape index (κ3) is 1.69. The average Bonchev–Trinajstić information content (AvgIpc) is 2.44. The van der Waals surface area contributed by atoms with E-state index in [4.69, 9.17) is 0 Å². The van der Waals surface area contributed by atoms with Crippen molar-refractivity contribution in [3.8, 4) is 0 Å². The van der Waals surface area contributed by atoms with Gasteiger partial charge >= 0.3 is 0 Å². The molecule has 1 nitrogen and oxygen atoms in total. The molecule has 0 aliphatic carbocycles. The van der Waals surface area contributed by atoms with Crippen LogP contribution in [0.3, 0.4) is 0 Å². The van der Waals surface area contributed by atoms with Gasteiger partial charge in [0, 0.05) is 11.9 Å². The molecule has 0 saturated carbocycles. The first-order valence-electron chi connectivity index (χ1n) is 3.74. The predicted molar refractivity (Wildman–Crippen MR) is 50.2 cm³/mol. The Labute approximate surface area is 65.6 Å². The molecule has 0 bridgehead atoms. The number of allylic oxidation sites excluding steroid dienone is 1. The maximum Gasteiger partial charge on any atom is 0.0447 e. The van der Waals surface area contributed by atoms with Crippen molar-refractivity contribution in [2.75, 3.05) is 18.8 Å². The van der Waals surface area contributed by atoms with E-state index >= 15 is 0 Å². The summed E-state index contributed by atoms with van der Waals surface area (Å²) in [6.45, 7) is 2.23. The van der Waals surface area contributed by atoms with E-state index in [1.54, 1.807) is 5.70 Å². The van der Waals surface area contributed by atoms with Crippen molar-refractivity contribution in [3.63, 3.8) is 0 Å². The highest BCUT2D eigenvalue weighted by molar-refractivity contribution is 8.30. The summed E-state index contributed by atoms with van der Waals surface area (Å²) in [5.74, 6) is 0. The first kappa shape index (κ1) is 7.99. The van der Waals surface area contributed by atoms with Crippen LogP contribution in [-0.2, 0) is 0 Å². The first-order valence-corrected chi connectivity index (χ1v) is 6.55. The SMILES string of the molecule is CCCC1=CN1S(C)(C)C. The smallest absolute Gasteiger partial charge is 0.0447 e. The first-order chi connectivity index (χ1) is 4.55. The van der Waals surface area contributed by atoms with Gasteiger partial charge < -0.3 is 4.31 Å². The zero-order valence-corrected chi connectivity index (χ0v) is 8.16. The number of hydrogen-bond acceptors (Lipinski definition) is 1. The zero-order valence-electron chi connectivity index (χ0n) is 7.35. The van der Waals surface area contributed by atoms with Gasteiger partial charge in [-0.15, -0.1) is 0 Å². The van der Waals surface area contributed by atoms with Gasteiger partial charge in [-0.3, -0.25) is 0 Å².